The second-order valence-electron chi connectivity index (χ2n) is 26.2. The molecule has 8 nitrogen and oxygen atoms in total. The Hall–Kier alpha value is -8.75. The predicted octanol–water partition coefficient (Wildman–Crippen LogP) is 18.8. The quantitative estimate of drug-likeness (QED) is 0.132. The van der Waals surface area contributed by atoms with Crippen molar-refractivity contribution in [2.24, 2.45) is 0 Å². The summed E-state index contributed by atoms with van der Waals surface area (Å²) in [6, 6.07) is 42.5. The molecule has 0 unspecified atom stereocenters. The van der Waals surface area contributed by atoms with Gasteiger partial charge in [-0.1, -0.05) is 162 Å². The number of ether oxygens (including phenoxy) is 1. The molecule has 0 bridgehead atoms. The first-order chi connectivity index (χ1) is 40.7. The van der Waals surface area contributed by atoms with Crippen LogP contribution in [0, 0.1) is 0 Å². The summed E-state index contributed by atoms with van der Waals surface area (Å²) < 4.78 is 9.56. The van der Waals surface area contributed by atoms with Crippen LogP contribution in [0.4, 0.5) is 22.7 Å². The van der Waals surface area contributed by atoms with Crippen LogP contribution in [0.1, 0.15) is 141 Å². The van der Waals surface area contributed by atoms with E-state index in [1.165, 1.54) is 33.2 Å². The number of para-hydroxylation sites is 2. The Bertz CT molecular complexity index is 4010. The molecule has 2 radical (unpaired) electrons. The fourth-order valence-corrected chi connectivity index (χ4v) is 11.7. The highest BCUT2D eigenvalue weighted by Crippen LogP contribution is 2.51. The molecule has 0 saturated carbocycles. The van der Waals surface area contributed by atoms with E-state index in [1.807, 2.05) is 43.1 Å². The number of anilines is 4. The van der Waals surface area contributed by atoms with Gasteiger partial charge in [-0.2, -0.15) is 0 Å². The third-order valence-corrected chi connectivity index (χ3v) is 16.3. The Labute approximate surface area is 506 Å². The maximum Gasteiger partial charge on any atom is 0.221 e. The van der Waals surface area contributed by atoms with Gasteiger partial charge in [0.25, 0.3) is 0 Å². The van der Waals surface area contributed by atoms with Gasteiger partial charge in [-0.3, -0.25) is 4.57 Å². The molecule has 0 saturated heterocycles. The van der Waals surface area contributed by atoms with Crippen LogP contribution in [0.3, 0.4) is 0 Å². The van der Waals surface area contributed by atoms with Crippen molar-refractivity contribution in [2.45, 2.75) is 118 Å². The van der Waals surface area contributed by atoms with E-state index < -0.39 is 0 Å². The molecule has 3 aliphatic rings. The maximum absolute atomic E-state index is 7.26. The second-order valence-corrected chi connectivity index (χ2v) is 26.2. The van der Waals surface area contributed by atoms with Crippen LogP contribution in [0.25, 0.3) is 49.8 Å². The summed E-state index contributed by atoms with van der Waals surface area (Å²) in [7, 11) is 4.46. The molecule has 3 aliphatic heterocycles. The fourth-order valence-electron chi connectivity index (χ4n) is 11.7. The van der Waals surface area contributed by atoms with Crippen molar-refractivity contribution in [2.75, 3.05) is 16.5 Å². The minimum absolute atomic E-state index is 0.0361. The minimum Gasteiger partial charge on any atom is -0.439 e. The summed E-state index contributed by atoms with van der Waals surface area (Å²) in [5.41, 5.74) is 18.7. The fraction of sp³-hybridized carbons (Fsp3) is 0.253. The van der Waals surface area contributed by atoms with E-state index >= 15 is 0 Å². The lowest BCUT2D eigenvalue weighted by Gasteiger charge is -2.31. The van der Waals surface area contributed by atoms with Crippen LogP contribution in [0.2, 0.25) is 0 Å². The topological polar surface area (TPSA) is 70.5 Å². The first kappa shape index (κ1) is 58.0. The zero-order chi connectivity index (χ0) is 59.8. The zero-order valence-corrected chi connectivity index (χ0v) is 51.8. The van der Waals surface area contributed by atoms with Gasteiger partial charge in [0, 0.05) is 59.5 Å². The molecular formula is C75H79B2N7O. The standard InChI is InChI=1S/C75H79B2N7O/c1-49(2)56-23-20-24-57(50(3)4)71(56)64-45-54(46-70(81-64)85-55-30-31-58-59-41-51(73(5,6)7)29-32-65(59)84(68(58)47-55)69-44-52(33-40-80-69)74(8,9)10)82-48-83(67-28-15-14-27-66(67)82)72-60(62-25-21-38-78-36-18-16-34-76-62)42-53(75(11,12)13)43-61(72)63-26-22-39-79-37-19-17-35-77-63/h14-47,49-50,78-79H,48H2,1-13H3/b34-16-,35-17-,36-18-,37-19-,38-21-,39-22-,62-25-,63-26-. The highest BCUT2D eigenvalue weighted by Gasteiger charge is 2.34. The van der Waals surface area contributed by atoms with Gasteiger partial charge in [0.2, 0.25) is 5.88 Å². The lowest BCUT2D eigenvalue weighted by molar-refractivity contribution is 0.464. The van der Waals surface area contributed by atoms with E-state index in [4.69, 9.17) is 14.7 Å². The molecule has 0 atom stereocenters. The van der Waals surface area contributed by atoms with Gasteiger partial charge < -0.3 is 25.2 Å². The van der Waals surface area contributed by atoms with Crippen molar-refractivity contribution < 1.29 is 4.74 Å². The molecule has 11 rings (SSSR count). The van der Waals surface area contributed by atoms with Crippen LogP contribution in [0.5, 0.6) is 11.6 Å². The van der Waals surface area contributed by atoms with Gasteiger partial charge in [0.05, 0.1) is 39.5 Å². The van der Waals surface area contributed by atoms with Crippen molar-refractivity contribution in [3.8, 4) is 28.7 Å². The molecular weight excluding hydrogens is 1040 g/mol. The van der Waals surface area contributed by atoms with Crippen molar-refractivity contribution in [3.05, 3.63) is 246 Å². The van der Waals surface area contributed by atoms with Crippen LogP contribution < -0.4 is 25.2 Å². The van der Waals surface area contributed by atoms with Crippen molar-refractivity contribution in [3.63, 3.8) is 0 Å². The van der Waals surface area contributed by atoms with E-state index in [9.17, 15) is 0 Å². The van der Waals surface area contributed by atoms with E-state index in [1.54, 1.807) is 0 Å². The van der Waals surface area contributed by atoms with E-state index in [-0.39, 0.29) is 28.1 Å². The Morgan fingerprint density at radius 1 is 0.529 bits per heavy atom. The van der Waals surface area contributed by atoms with Gasteiger partial charge in [-0.25, -0.2) is 9.97 Å². The normalized spacial score (nSPS) is 18.2. The number of nitrogens with one attached hydrogen (secondary N) is 2. The molecule has 0 spiro atoms. The number of hydrogen-bond acceptors (Lipinski definition) is 7. The van der Waals surface area contributed by atoms with Crippen LogP contribution in [-0.4, -0.2) is 35.8 Å². The number of allylic oxidation sites excluding steroid dienone is 8. The second kappa shape index (κ2) is 23.7. The predicted molar refractivity (Wildman–Crippen MR) is 363 cm³/mol. The molecule has 10 heteroatoms. The number of rotatable bonds is 10. The number of nitrogens with zero attached hydrogens (tertiary/aromatic N) is 5. The summed E-state index contributed by atoms with van der Waals surface area (Å²) in [6.45, 7) is 30.1. The molecule has 85 heavy (non-hydrogen) atoms. The maximum atomic E-state index is 7.26. The van der Waals surface area contributed by atoms with Gasteiger partial charge in [0.15, 0.2) is 14.6 Å². The monoisotopic (exact) mass is 1120 g/mol. The van der Waals surface area contributed by atoms with Crippen LogP contribution in [0.15, 0.2) is 207 Å². The molecule has 0 aliphatic carbocycles. The molecule has 2 N–H and O–H groups in total. The highest BCUT2D eigenvalue weighted by atomic mass is 16.5. The molecule has 0 amide bonds. The summed E-state index contributed by atoms with van der Waals surface area (Å²) in [6.07, 6.45) is 26.5. The van der Waals surface area contributed by atoms with Crippen LogP contribution >= 0.6 is 0 Å². The number of benzene rings is 5. The smallest absolute Gasteiger partial charge is 0.221 e. The summed E-state index contributed by atoms with van der Waals surface area (Å²) in [5.74, 6) is 6.78. The number of aromatic nitrogens is 3. The molecule has 6 heterocycles. The number of fused-ring (bicyclic) bond motifs is 4. The van der Waals surface area contributed by atoms with Gasteiger partial charge in [0.1, 0.15) is 18.2 Å². The zero-order valence-electron chi connectivity index (χ0n) is 51.8. The lowest BCUT2D eigenvalue weighted by Crippen LogP contribution is -2.27. The Balaban J connectivity index is 1.12. The average molecular weight is 1120 g/mol. The van der Waals surface area contributed by atoms with E-state index in [2.05, 4.69) is 293 Å². The minimum atomic E-state index is -0.175. The molecule has 0 fully saturated rings. The largest absolute Gasteiger partial charge is 0.439 e. The third-order valence-electron chi connectivity index (χ3n) is 16.3. The first-order valence-corrected chi connectivity index (χ1v) is 30.0. The Kier molecular flexibility index (Phi) is 16.2. The SMILES string of the molecule is CC(C)c1cccc(C(C)C)c1-c1cc(N2CN(c3c(/C4=C/C=C\N/C=C\C=C/[B]4)cc(C(C)(C)C)cc3/C3=C/C=C\N/C=C\C=C/[B]3)c3ccccc32)cc(Oc2ccc3c4cc(C(C)(C)C)ccc4n(-c4cc(C(C)(C)C)ccn4)c3c2)n1. The van der Waals surface area contributed by atoms with Crippen molar-refractivity contribution in [1.29, 1.82) is 0 Å². The highest BCUT2D eigenvalue weighted by molar-refractivity contribution is 6.67. The van der Waals surface area contributed by atoms with Crippen molar-refractivity contribution in [1.82, 2.24) is 25.2 Å². The van der Waals surface area contributed by atoms with Gasteiger partial charge in [-0.15, -0.1) is 12.0 Å². The molecule has 8 aromatic rings. The summed E-state index contributed by atoms with van der Waals surface area (Å²) in [4.78, 5) is 15.6. The summed E-state index contributed by atoms with van der Waals surface area (Å²) >= 11 is 0. The van der Waals surface area contributed by atoms with E-state index in [0.717, 1.165) is 78.3 Å². The number of hydrogen-bond donors (Lipinski definition) is 2. The third kappa shape index (κ3) is 12.2. The van der Waals surface area contributed by atoms with Crippen LogP contribution in [-0.2, 0) is 16.2 Å². The molecule has 426 valence electrons. The van der Waals surface area contributed by atoms with Gasteiger partial charge >= 0.3 is 0 Å². The molecule has 5 aromatic carbocycles. The average Bonchev–Trinajstić information content (AvgIpc) is 1.75. The number of pyridine rings is 2. The van der Waals surface area contributed by atoms with Gasteiger partial charge in [-0.05, 0) is 158 Å². The van der Waals surface area contributed by atoms with E-state index in [0.29, 0.717) is 18.3 Å². The molecule has 3 aromatic heterocycles. The summed E-state index contributed by atoms with van der Waals surface area (Å²) in [5, 5.41) is 8.91. The Morgan fingerprint density at radius 3 is 1.72 bits per heavy atom. The first-order valence-electron chi connectivity index (χ1n) is 30.0. The Morgan fingerprint density at radius 2 is 1.12 bits per heavy atom. The lowest BCUT2D eigenvalue weighted by atomic mass is 9.62. The van der Waals surface area contributed by atoms with Crippen molar-refractivity contribution >= 4 is 70.1 Å².